The summed E-state index contributed by atoms with van der Waals surface area (Å²) in [5.41, 5.74) is 0.848. The molecule has 0 aliphatic carbocycles. The number of hydrogen-bond donors (Lipinski definition) is 2. The van der Waals surface area contributed by atoms with Gasteiger partial charge in [-0.25, -0.2) is 4.79 Å². The van der Waals surface area contributed by atoms with E-state index in [-0.39, 0.29) is 24.8 Å². The molecule has 0 saturated carbocycles. The van der Waals surface area contributed by atoms with Gasteiger partial charge in [-0.1, -0.05) is 36.4 Å². The molecule has 1 heterocycles. The maximum atomic E-state index is 12.9. The number of nitrogens with one attached hydrogen (secondary N) is 1. The van der Waals surface area contributed by atoms with Crippen LogP contribution in [0.4, 0.5) is 0 Å². The van der Waals surface area contributed by atoms with Crippen molar-refractivity contribution in [2.24, 2.45) is 0 Å². The number of rotatable bonds is 8. The Kier molecular flexibility index (Phi) is 6.91. The summed E-state index contributed by atoms with van der Waals surface area (Å²) >= 11 is 1.44. The number of hydrogen-bond acceptors (Lipinski definition) is 4. The molecule has 0 saturated heterocycles. The van der Waals surface area contributed by atoms with E-state index in [0.29, 0.717) is 0 Å². The van der Waals surface area contributed by atoms with Gasteiger partial charge in [0.25, 0.3) is 0 Å². The maximum Gasteiger partial charge on any atom is 0.326 e. The van der Waals surface area contributed by atoms with Gasteiger partial charge < -0.3 is 15.3 Å². The topological polar surface area (TPSA) is 86.7 Å². The van der Waals surface area contributed by atoms with Crippen molar-refractivity contribution < 1.29 is 19.5 Å². The van der Waals surface area contributed by atoms with Crippen LogP contribution in [-0.2, 0) is 20.9 Å². The molecule has 1 aromatic heterocycles. The number of carboxylic acid groups (broad SMARTS) is 1. The van der Waals surface area contributed by atoms with Gasteiger partial charge in [0.2, 0.25) is 11.8 Å². The van der Waals surface area contributed by atoms with Crippen LogP contribution in [0.15, 0.2) is 47.8 Å². The lowest BCUT2D eigenvalue weighted by Gasteiger charge is -2.28. The molecule has 26 heavy (non-hydrogen) atoms. The summed E-state index contributed by atoms with van der Waals surface area (Å²) in [6.45, 7) is 3.08. The third-order valence-electron chi connectivity index (χ3n) is 3.98. The van der Waals surface area contributed by atoms with Crippen molar-refractivity contribution in [3.63, 3.8) is 0 Å². The predicted molar refractivity (Wildman–Crippen MR) is 99.6 cm³/mol. The summed E-state index contributed by atoms with van der Waals surface area (Å²) in [4.78, 5) is 38.1. The lowest BCUT2D eigenvalue weighted by Crippen LogP contribution is -2.44. The molecule has 2 N–H and O–H groups in total. The summed E-state index contributed by atoms with van der Waals surface area (Å²) in [7, 11) is 0. The molecule has 2 unspecified atom stereocenters. The van der Waals surface area contributed by atoms with Gasteiger partial charge in [-0.2, -0.15) is 0 Å². The number of thiophene rings is 1. The first-order valence-corrected chi connectivity index (χ1v) is 9.13. The van der Waals surface area contributed by atoms with Gasteiger partial charge in [-0.15, -0.1) is 11.3 Å². The fraction of sp³-hybridized carbons (Fsp3) is 0.316. The molecule has 138 valence electrons. The number of carboxylic acids is 1. The summed E-state index contributed by atoms with van der Waals surface area (Å²) in [5, 5.41) is 14.0. The van der Waals surface area contributed by atoms with Gasteiger partial charge in [0.15, 0.2) is 0 Å². The lowest BCUT2D eigenvalue weighted by atomic mass is 10.1. The van der Waals surface area contributed by atoms with Crippen molar-refractivity contribution in [2.75, 3.05) is 0 Å². The first-order valence-electron chi connectivity index (χ1n) is 8.25. The van der Waals surface area contributed by atoms with E-state index in [2.05, 4.69) is 5.32 Å². The van der Waals surface area contributed by atoms with Crippen LogP contribution in [0.25, 0.3) is 0 Å². The molecule has 6 nitrogen and oxygen atoms in total. The second-order valence-electron chi connectivity index (χ2n) is 5.99. The molecule has 0 bridgehead atoms. The van der Waals surface area contributed by atoms with Crippen LogP contribution in [0.3, 0.4) is 0 Å². The number of carbonyl (C=O) groups is 3. The summed E-state index contributed by atoms with van der Waals surface area (Å²) in [6.07, 6.45) is 0.00451. The molecule has 7 heteroatoms. The Hall–Kier alpha value is -2.67. The average Bonchev–Trinajstić information content (AvgIpc) is 3.13. The van der Waals surface area contributed by atoms with Crippen molar-refractivity contribution in [3.05, 3.63) is 58.3 Å². The van der Waals surface area contributed by atoms with Crippen molar-refractivity contribution in [3.8, 4) is 0 Å². The highest BCUT2D eigenvalue weighted by atomic mass is 32.1. The Bertz CT molecular complexity index is 746. The minimum absolute atomic E-state index is 0.00451. The second kappa shape index (κ2) is 9.15. The smallest absolute Gasteiger partial charge is 0.326 e. The van der Waals surface area contributed by atoms with Gasteiger partial charge in [-0.3, -0.25) is 9.59 Å². The van der Waals surface area contributed by atoms with Crippen molar-refractivity contribution in [2.45, 2.75) is 38.9 Å². The minimum atomic E-state index is -1.07. The zero-order chi connectivity index (χ0) is 19.1. The number of benzene rings is 1. The molecule has 0 aliphatic heterocycles. The lowest BCUT2D eigenvalue weighted by molar-refractivity contribution is -0.150. The van der Waals surface area contributed by atoms with Gasteiger partial charge in [0.05, 0.1) is 12.5 Å². The second-order valence-corrected chi connectivity index (χ2v) is 6.97. The van der Waals surface area contributed by atoms with E-state index in [1.807, 2.05) is 47.8 Å². The molecule has 1 aromatic carbocycles. The molecule has 2 rings (SSSR count). The van der Waals surface area contributed by atoms with E-state index >= 15 is 0 Å². The van der Waals surface area contributed by atoms with E-state index in [9.17, 15) is 19.5 Å². The Morgan fingerprint density at radius 2 is 1.85 bits per heavy atom. The van der Waals surface area contributed by atoms with Crippen molar-refractivity contribution in [1.29, 1.82) is 0 Å². The highest BCUT2D eigenvalue weighted by Gasteiger charge is 2.28. The van der Waals surface area contributed by atoms with Crippen LogP contribution < -0.4 is 5.32 Å². The zero-order valence-corrected chi connectivity index (χ0v) is 15.5. The summed E-state index contributed by atoms with van der Waals surface area (Å²) in [5.74, 6) is -1.63. The zero-order valence-electron chi connectivity index (χ0n) is 14.7. The van der Waals surface area contributed by atoms with Crippen molar-refractivity contribution >= 4 is 29.1 Å². The molecular formula is C19H22N2O4S. The Labute approximate surface area is 156 Å². The van der Waals surface area contributed by atoms with Crippen LogP contribution in [0, 0.1) is 0 Å². The van der Waals surface area contributed by atoms with E-state index in [1.54, 1.807) is 0 Å². The Morgan fingerprint density at radius 3 is 2.38 bits per heavy atom. The van der Waals surface area contributed by atoms with Crippen molar-refractivity contribution in [1.82, 2.24) is 10.2 Å². The number of nitrogens with zero attached hydrogens (tertiary/aromatic N) is 1. The first-order chi connectivity index (χ1) is 12.4. The third-order valence-corrected chi connectivity index (χ3v) is 4.97. The summed E-state index contributed by atoms with van der Waals surface area (Å²) in [6, 6.07) is 11.5. The number of aliphatic carboxylic acids is 1. The molecule has 2 amide bonds. The highest BCUT2D eigenvalue weighted by Crippen LogP contribution is 2.24. The largest absolute Gasteiger partial charge is 0.480 e. The van der Waals surface area contributed by atoms with Crippen LogP contribution in [-0.4, -0.2) is 33.8 Å². The standard InChI is InChI=1S/C19H22N2O4S/c1-13(19(24)25)21(12-15-7-4-3-5-8-15)18(23)11-16(20-14(2)22)17-9-6-10-26-17/h3-10,13,16H,11-12H2,1-2H3,(H,20,22)(H,24,25). The van der Waals surface area contributed by atoms with Gasteiger partial charge in [0.1, 0.15) is 6.04 Å². The van der Waals surface area contributed by atoms with E-state index in [1.165, 1.54) is 30.1 Å². The monoisotopic (exact) mass is 374 g/mol. The fourth-order valence-corrected chi connectivity index (χ4v) is 3.38. The molecule has 0 radical (unpaired) electrons. The number of carbonyl (C=O) groups excluding carboxylic acids is 2. The third kappa shape index (κ3) is 5.42. The quantitative estimate of drug-likeness (QED) is 0.744. The fourth-order valence-electron chi connectivity index (χ4n) is 2.60. The summed E-state index contributed by atoms with van der Waals surface area (Å²) < 4.78 is 0. The Balaban J connectivity index is 2.20. The molecular weight excluding hydrogens is 352 g/mol. The van der Waals surface area contributed by atoms with E-state index < -0.39 is 18.1 Å². The molecule has 0 aliphatic rings. The maximum absolute atomic E-state index is 12.9. The first kappa shape index (κ1) is 19.7. The van der Waals surface area contributed by atoms with Gasteiger partial charge >= 0.3 is 5.97 Å². The van der Waals surface area contributed by atoms with E-state index in [4.69, 9.17) is 0 Å². The molecule has 2 aromatic rings. The van der Waals surface area contributed by atoms with Gasteiger partial charge in [0, 0.05) is 18.3 Å². The van der Waals surface area contributed by atoms with Crippen LogP contribution in [0.2, 0.25) is 0 Å². The van der Waals surface area contributed by atoms with Gasteiger partial charge in [-0.05, 0) is 23.9 Å². The molecule has 2 atom stereocenters. The van der Waals surface area contributed by atoms with Crippen LogP contribution >= 0.6 is 11.3 Å². The average molecular weight is 374 g/mol. The van der Waals surface area contributed by atoms with Crippen LogP contribution in [0.1, 0.15) is 36.8 Å². The van der Waals surface area contributed by atoms with E-state index in [0.717, 1.165) is 10.4 Å². The minimum Gasteiger partial charge on any atom is -0.480 e. The van der Waals surface area contributed by atoms with Crippen LogP contribution in [0.5, 0.6) is 0 Å². The number of amides is 2. The highest BCUT2D eigenvalue weighted by molar-refractivity contribution is 7.10. The Morgan fingerprint density at radius 1 is 1.15 bits per heavy atom. The predicted octanol–water partition coefficient (Wildman–Crippen LogP) is 2.82. The molecule has 0 spiro atoms. The molecule has 0 fully saturated rings. The SMILES string of the molecule is CC(=O)NC(CC(=O)N(Cc1ccccc1)C(C)C(=O)O)c1cccs1. The normalized spacial score (nSPS) is 12.8.